The van der Waals surface area contributed by atoms with E-state index in [1.165, 1.54) is 20.7 Å². The molecule has 1 aliphatic rings. The maximum absolute atomic E-state index is 12.3. The molecule has 0 N–H and O–H groups in total. The van der Waals surface area contributed by atoms with Gasteiger partial charge in [0.2, 0.25) is 0 Å². The molecule has 1 aliphatic carbocycles. The summed E-state index contributed by atoms with van der Waals surface area (Å²) in [4.78, 5) is 13.7. The molecule has 4 heteroatoms. The van der Waals surface area contributed by atoms with Crippen molar-refractivity contribution in [2.24, 2.45) is 0 Å². The first-order valence-electron chi connectivity index (χ1n) is 6.99. The van der Waals surface area contributed by atoms with Crippen LogP contribution >= 0.6 is 11.3 Å². The minimum absolute atomic E-state index is 0.0590. The molecule has 21 heavy (non-hydrogen) atoms. The van der Waals surface area contributed by atoms with Crippen LogP contribution < -0.4 is 5.56 Å². The van der Waals surface area contributed by atoms with Gasteiger partial charge in [-0.15, -0.1) is 11.3 Å². The Morgan fingerprint density at radius 1 is 1.14 bits per heavy atom. The number of hydrogen-bond donors (Lipinski definition) is 0. The smallest absolute Gasteiger partial charge is 0.267 e. The zero-order valence-electron chi connectivity index (χ0n) is 11.7. The Morgan fingerprint density at radius 3 is 2.76 bits per heavy atom. The number of fused-ring (bicyclic) bond motifs is 3. The predicted molar refractivity (Wildman–Crippen MR) is 85.3 cm³/mol. The number of aryl methyl sites for hydroxylation is 3. The SMILES string of the molecule is Cc1ccc(-n2nc3c(cc2=O)CCc2sccc2-3)cc1. The number of nitrogens with zero attached hydrogens (tertiary/aromatic N) is 2. The predicted octanol–water partition coefficient (Wildman–Crippen LogP) is 3.37. The third kappa shape index (κ3) is 2.03. The normalized spacial score (nSPS) is 12.8. The van der Waals surface area contributed by atoms with Crippen LogP contribution in [0.15, 0.2) is 46.6 Å². The first-order chi connectivity index (χ1) is 10.2. The topological polar surface area (TPSA) is 34.9 Å². The second-order valence-corrected chi connectivity index (χ2v) is 6.36. The fourth-order valence-corrected chi connectivity index (χ4v) is 3.65. The highest BCUT2D eigenvalue weighted by Crippen LogP contribution is 2.34. The van der Waals surface area contributed by atoms with Crippen LogP contribution in [0.5, 0.6) is 0 Å². The summed E-state index contributed by atoms with van der Waals surface area (Å²) in [5.41, 5.74) is 5.13. The van der Waals surface area contributed by atoms with E-state index in [9.17, 15) is 4.79 Å². The lowest BCUT2D eigenvalue weighted by Gasteiger charge is -2.16. The Labute approximate surface area is 126 Å². The molecule has 0 unspecified atom stereocenters. The summed E-state index contributed by atoms with van der Waals surface area (Å²) in [5, 5.41) is 6.74. The van der Waals surface area contributed by atoms with Crippen LogP contribution in [0.4, 0.5) is 0 Å². The molecule has 0 spiro atoms. The quantitative estimate of drug-likeness (QED) is 0.689. The summed E-state index contributed by atoms with van der Waals surface area (Å²) in [6.45, 7) is 2.03. The Morgan fingerprint density at radius 2 is 1.95 bits per heavy atom. The molecule has 0 saturated carbocycles. The Kier molecular flexibility index (Phi) is 2.79. The Hall–Kier alpha value is -2.20. The molecule has 0 atom stereocenters. The lowest BCUT2D eigenvalue weighted by Crippen LogP contribution is -2.23. The average molecular weight is 294 g/mol. The number of thiophene rings is 1. The van der Waals surface area contributed by atoms with Crippen LogP contribution in [0.3, 0.4) is 0 Å². The highest BCUT2D eigenvalue weighted by molar-refractivity contribution is 7.10. The van der Waals surface area contributed by atoms with Crippen molar-refractivity contribution in [2.75, 3.05) is 0 Å². The molecule has 0 aliphatic heterocycles. The second-order valence-electron chi connectivity index (χ2n) is 5.36. The van der Waals surface area contributed by atoms with Gasteiger partial charge in [-0.25, -0.2) is 0 Å². The summed E-state index contributed by atoms with van der Waals surface area (Å²) in [7, 11) is 0. The van der Waals surface area contributed by atoms with Gasteiger partial charge in [-0.1, -0.05) is 17.7 Å². The summed E-state index contributed by atoms with van der Waals surface area (Å²) in [6.07, 6.45) is 1.91. The molecule has 2 heterocycles. The van der Waals surface area contributed by atoms with Gasteiger partial charge in [-0.3, -0.25) is 4.79 Å². The Bertz CT molecular complexity index is 875. The molecular formula is C17H14N2OS. The van der Waals surface area contributed by atoms with Crippen molar-refractivity contribution in [1.29, 1.82) is 0 Å². The molecule has 0 fully saturated rings. The monoisotopic (exact) mass is 294 g/mol. The molecule has 3 aromatic rings. The summed E-state index contributed by atoms with van der Waals surface area (Å²) >= 11 is 1.77. The molecule has 0 radical (unpaired) electrons. The van der Waals surface area contributed by atoms with E-state index < -0.39 is 0 Å². The summed E-state index contributed by atoms with van der Waals surface area (Å²) < 4.78 is 1.50. The molecule has 1 aromatic carbocycles. The fourth-order valence-electron chi connectivity index (χ4n) is 2.77. The molecular weight excluding hydrogens is 280 g/mol. The molecule has 0 saturated heterocycles. The van der Waals surface area contributed by atoms with Crippen LogP contribution in [0.1, 0.15) is 16.0 Å². The number of aromatic nitrogens is 2. The van der Waals surface area contributed by atoms with Crippen LogP contribution in [-0.4, -0.2) is 9.78 Å². The van der Waals surface area contributed by atoms with Crippen molar-refractivity contribution in [3.63, 3.8) is 0 Å². The summed E-state index contributed by atoms with van der Waals surface area (Å²) in [6, 6.07) is 11.7. The van der Waals surface area contributed by atoms with Gasteiger partial charge in [0.15, 0.2) is 0 Å². The fraction of sp³-hybridized carbons (Fsp3) is 0.176. The van der Waals surface area contributed by atoms with E-state index >= 15 is 0 Å². The van der Waals surface area contributed by atoms with Gasteiger partial charge in [0.05, 0.1) is 11.4 Å². The molecule has 104 valence electrons. The summed E-state index contributed by atoms with van der Waals surface area (Å²) in [5.74, 6) is 0. The van der Waals surface area contributed by atoms with Crippen molar-refractivity contribution in [3.05, 3.63) is 68.1 Å². The van der Waals surface area contributed by atoms with Gasteiger partial charge in [0, 0.05) is 16.5 Å². The van der Waals surface area contributed by atoms with E-state index in [2.05, 4.69) is 16.5 Å². The second kappa shape index (κ2) is 4.67. The first-order valence-corrected chi connectivity index (χ1v) is 7.87. The van der Waals surface area contributed by atoms with E-state index in [1.54, 1.807) is 17.4 Å². The average Bonchev–Trinajstić information content (AvgIpc) is 2.96. The van der Waals surface area contributed by atoms with E-state index in [0.29, 0.717) is 0 Å². The van der Waals surface area contributed by atoms with Gasteiger partial charge in [0.1, 0.15) is 0 Å². The van der Waals surface area contributed by atoms with E-state index in [0.717, 1.165) is 29.8 Å². The van der Waals surface area contributed by atoms with Crippen molar-refractivity contribution in [2.45, 2.75) is 19.8 Å². The minimum Gasteiger partial charge on any atom is -0.267 e. The van der Waals surface area contributed by atoms with Gasteiger partial charge in [0.25, 0.3) is 5.56 Å². The molecule has 3 nitrogen and oxygen atoms in total. The maximum Gasteiger partial charge on any atom is 0.271 e. The van der Waals surface area contributed by atoms with E-state index in [4.69, 9.17) is 0 Å². The largest absolute Gasteiger partial charge is 0.271 e. The third-order valence-electron chi connectivity index (χ3n) is 3.91. The Balaban J connectivity index is 1.93. The van der Waals surface area contributed by atoms with Crippen molar-refractivity contribution < 1.29 is 0 Å². The lowest BCUT2D eigenvalue weighted by atomic mass is 9.96. The van der Waals surface area contributed by atoms with Gasteiger partial charge in [-0.2, -0.15) is 9.78 Å². The highest BCUT2D eigenvalue weighted by Gasteiger charge is 2.20. The number of benzene rings is 1. The minimum atomic E-state index is -0.0590. The molecule has 0 amide bonds. The van der Waals surface area contributed by atoms with E-state index in [-0.39, 0.29) is 5.56 Å². The molecule has 2 aromatic heterocycles. The van der Waals surface area contributed by atoms with Crippen molar-refractivity contribution >= 4 is 11.3 Å². The highest BCUT2D eigenvalue weighted by atomic mass is 32.1. The van der Waals surface area contributed by atoms with Crippen LogP contribution in [0.25, 0.3) is 16.9 Å². The van der Waals surface area contributed by atoms with Crippen LogP contribution in [0.2, 0.25) is 0 Å². The zero-order chi connectivity index (χ0) is 14.4. The van der Waals surface area contributed by atoms with Crippen molar-refractivity contribution in [3.8, 4) is 16.9 Å². The van der Waals surface area contributed by atoms with Crippen LogP contribution in [-0.2, 0) is 12.8 Å². The van der Waals surface area contributed by atoms with Gasteiger partial charge >= 0.3 is 0 Å². The maximum atomic E-state index is 12.3. The number of hydrogen-bond acceptors (Lipinski definition) is 3. The van der Waals surface area contributed by atoms with Crippen molar-refractivity contribution in [1.82, 2.24) is 9.78 Å². The lowest BCUT2D eigenvalue weighted by molar-refractivity contribution is 0.786. The van der Waals surface area contributed by atoms with E-state index in [1.807, 2.05) is 31.2 Å². The van der Waals surface area contributed by atoms with Crippen LogP contribution in [0, 0.1) is 6.92 Å². The number of rotatable bonds is 1. The third-order valence-corrected chi connectivity index (χ3v) is 4.89. The van der Waals surface area contributed by atoms with Gasteiger partial charge in [-0.05, 0) is 48.9 Å². The molecule has 0 bridgehead atoms. The standard InChI is InChI=1S/C17H14N2OS/c1-11-2-5-13(6-3-11)19-16(20)10-12-4-7-15-14(8-9-21-15)17(12)18-19/h2-3,5-6,8-10H,4,7H2,1H3. The zero-order valence-corrected chi connectivity index (χ0v) is 12.5. The molecule has 4 rings (SSSR count). The first kappa shape index (κ1) is 12.5. The van der Waals surface area contributed by atoms with Gasteiger partial charge < -0.3 is 0 Å².